The second kappa shape index (κ2) is 5.32. The molecule has 0 radical (unpaired) electrons. The topological polar surface area (TPSA) is 21.7 Å². The largest absolute Gasteiger partial charge is 0.493 e. The van der Waals surface area contributed by atoms with E-state index in [2.05, 4.69) is 4.90 Å². The van der Waals surface area contributed by atoms with Crippen molar-refractivity contribution in [3.63, 3.8) is 0 Å². The number of ether oxygens (including phenoxy) is 2. The summed E-state index contributed by atoms with van der Waals surface area (Å²) in [5, 5.41) is 0. The Balaban J connectivity index is 1.56. The Kier molecular flexibility index (Phi) is 3.38. The predicted molar refractivity (Wildman–Crippen MR) is 90.5 cm³/mol. The predicted octanol–water partition coefficient (Wildman–Crippen LogP) is 3.86. The van der Waals surface area contributed by atoms with Crippen molar-refractivity contribution in [3.8, 4) is 11.5 Å². The maximum Gasteiger partial charge on any atom is 0.285 e. The fourth-order valence-electron chi connectivity index (χ4n) is 5.48. The number of hydrogen-bond donors (Lipinski definition) is 0. The molecule has 1 spiro atoms. The molecule has 1 saturated heterocycles. The Morgan fingerprint density at radius 1 is 1.24 bits per heavy atom. The molecule has 0 bridgehead atoms. The standard InChI is InChI=1S/C20H25F2NO2/c1-24-16-4-2-3-15-17(16)25-18-19(15)9-10-23(11-13-5-6-13)12-14(19)7-8-20(18,21)22/h2-4,13-14,18H,5-12H2,1H3. The maximum atomic E-state index is 14.9. The minimum absolute atomic E-state index is 0.0718. The van der Waals surface area contributed by atoms with Crippen LogP contribution in [0.5, 0.6) is 11.5 Å². The highest BCUT2D eigenvalue weighted by Gasteiger charge is 2.67. The molecule has 3 atom stereocenters. The van der Waals surface area contributed by atoms with Gasteiger partial charge in [0, 0.05) is 30.5 Å². The van der Waals surface area contributed by atoms with Crippen molar-refractivity contribution in [3.05, 3.63) is 23.8 Å². The van der Waals surface area contributed by atoms with Crippen molar-refractivity contribution in [2.75, 3.05) is 26.7 Å². The number of piperidine rings is 1. The SMILES string of the molecule is COc1cccc2c1OC1C(F)(F)CCC3CN(CC4CC4)CCC231. The first kappa shape index (κ1) is 15.9. The first-order valence-electron chi connectivity index (χ1n) is 9.49. The summed E-state index contributed by atoms with van der Waals surface area (Å²) in [4.78, 5) is 2.51. The van der Waals surface area contributed by atoms with Crippen LogP contribution in [-0.4, -0.2) is 43.7 Å². The number of para-hydroxylation sites is 1. The van der Waals surface area contributed by atoms with E-state index < -0.39 is 17.4 Å². The highest BCUT2D eigenvalue weighted by molar-refractivity contribution is 5.55. The average molecular weight is 349 g/mol. The van der Waals surface area contributed by atoms with Gasteiger partial charge in [0.25, 0.3) is 5.92 Å². The summed E-state index contributed by atoms with van der Waals surface area (Å²) in [6.07, 6.45) is 2.87. The van der Waals surface area contributed by atoms with Crippen LogP contribution in [0.15, 0.2) is 18.2 Å². The average Bonchev–Trinajstić information content (AvgIpc) is 3.35. The first-order valence-corrected chi connectivity index (χ1v) is 9.49. The number of hydrogen-bond acceptors (Lipinski definition) is 3. The zero-order valence-electron chi connectivity index (χ0n) is 14.6. The normalized spacial score (nSPS) is 36.1. The van der Waals surface area contributed by atoms with Gasteiger partial charge in [-0.3, -0.25) is 0 Å². The molecule has 2 saturated carbocycles. The van der Waals surface area contributed by atoms with Crippen LogP contribution < -0.4 is 9.47 Å². The number of halogens is 2. The quantitative estimate of drug-likeness (QED) is 0.827. The molecule has 3 nitrogen and oxygen atoms in total. The van der Waals surface area contributed by atoms with E-state index in [1.54, 1.807) is 7.11 Å². The summed E-state index contributed by atoms with van der Waals surface area (Å²) >= 11 is 0. The molecule has 136 valence electrons. The molecule has 2 heterocycles. The summed E-state index contributed by atoms with van der Waals surface area (Å²) in [5.74, 6) is -0.576. The number of rotatable bonds is 3. The van der Waals surface area contributed by atoms with Crippen LogP contribution in [-0.2, 0) is 5.41 Å². The van der Waals surface area contributed by atoms with Crippen molar-refractivity contribution in [1.82, 2.24) is 4.90 Å². The van der Waals surface area contributed by atoms with Gasteiger partial charge in [0.1, 0.15) is 0 Å². The molecule has 0 amide bonds. The number of alkyl halides is 2. The minimum Gasteiger partial charge on any atom is -0.493 e. The van der Waals surface area contributed by atoms with Crippen molar-refractivity contribution < 1.29 is 18.3 Å². The summed E-state index contributed by atoms with van der Waals surface area (Å²) in [5.41, 5.74) is 0.387. The lowest BCUT2D eigenvalue weighted by Crippen LogP contribution is -2.63. The van der Waals surface area contributed by atoms with Crippen LogP contribution in [0.3, 0.4) is 0 Å². The number of fused-ring (bicyclic) bond motifs is 1. The van der Waals surface area contributed by atoms with E-state index in [0.29, 0.717) is 17.9 Å². The van der Waals surface area contributed by atoms with Gasteiger partial charge in [-0.25, -0.2) is 8.78 Å². The van der Waals surface area contributed by atoms with Crippen LogP contribution in [0, 0.1) is 11.8 Å². The number of methoxy groups -OCH3 is 1. The molecule has 0 N–H and O–H groups in total. The van der Waals surface area contributed by atoms with Crippen LogP contribution in [0.25, 0.3) is 0 Å². The summed E-state index contributed by atoms with van der Waals surface area (Å²) in [6.45, 7) is 2.95. The van der Waals surface area contributed by atoms with Gasteiger partial charge in [-0.05, 0) is 50.1 Å². The van der Waals surface area contributed by atoms with Gasteiger partial charge < -0.3 is 14.4 Å². The third kappa shape index (κ3) is 2.24. The highest BCUT2D eigenvalue weighted by atomic mass is 19.3. The van der Waals surface area contributed by atoms with Gasteiger partial charge in [-0.15, -0.1) is 0 Å². The van der Waals surface area contributed by atoms with Gasteiger partial charge in [-0.1, -0.05) is 12.1 Å². The van der Waals surface area contributed by atoms with E-state index in [4.69, 9.17) is 9.47 Å². The highest BCUT2D eigenvalue weighted by Crippen LogP contribution is 2.62. The van der Waals surface area contributed by atoms with Crippen LogP contribution >= 0.6 is 0 Å². The smallest absolute Gasteiger partial charge is 0.285 e. The van der Waals surface area contributed by atoms with Gasteiger partial charge >= 0.3 is 0 Å². The van der Waals surface area contributed by atoms with Crippen LogP contribution in [0.4, 0.5) is 8.78 Å². The summed E-state index contributed by atoms with van der Waals surface area (Å²) < 4.78 is 41.1. The molecule has 3 fully saturated rings. The Labute approximate surface area is 147 Å². The van der Waals surface area contributed by atoms with Crippen LogP contribution in [0.2, 0.25) is 0 Å². The molecule has 2 aliphatic carbocycles. The first-order chi connectivity index (χ1) is 12.0. The lowest BCUT2D eigenvalue weighted by Gasteiger charge is -2.53. The zero-order chi connectivity index (χ0) is 17.2. The molecule has 0 aromatic heterocycles. The molecule has 5 rings (SSSR count). The molecule has 5 heteroatoms. The second-order valence-electron chi connectivity index (χ2n) is 8.32. The number of benzene rings is 1. The summed E-state index contributed by atoms with van der Waals surface area (Å²) in [6, 6.07) is 5.71. The van der Waals surface area contributed by atoms with E-state index in [9.17, 15) is 8.78 Å². The molecule has 4 aliphatic rings. The van der Waals surface area contributed by atoms with Crippen molar-refractivity contribution in [2.24, 2.45) is 11.8 Å². The third-order valence-corrected chi connectivity index (χ3v) is 6.88. The van der Waals surface area contributed by atoms with Gasteiger partial charge in [0.05, 0.1) is 7.11 Å². The van der Waals surface area contributed by atoms with E-state index in [1.807, 2.05) is 18.2 Å². The van der Waals surface area contributed by atoms with E-state index >= 15 is 0 Å². The van der Waals surface area contributed by atoms with Gasteiger partial charge in [0.2, 0.25) is 0 Å². The van der Waals surface area contributed by atoms with E-state index in [1.165, 1.54) is 12.8 Å². The van der Waals surface area contributed by atoms with E-state index in [-0.39, 0.29) is 12.3 Å². The fraction of sp³-hybridized carbons (Fsp3) is 0.700. The maximum absolute atomic E-state index is 14.9. The lowest BCUT2D eigenvalue weighted by atomic mass is 9.57. The second-order valence-corrected chi connectivity index (χ2v) is 8.32. The Morgan fingerprint density at radius 2 is 2.08 bits per heavy atom. The number of likely N-dealkylation sites (tertiary alicyclic amines) is 1. The van der Waals surface area contributed by atoms with Crippen molar-refractivity contribution in [2.45, 2.75) is 49.5 Å². The lowest BCUT2D eigenvalue weighted by molar-refractivity contribution is -0.169. The molecule has 1 aromatic carbocycles. The molecule has 25 heavy (non-hydrogen) atoms. The van der Waals surface area contributed by atoms with Gasteiger partial charge in [0.15, 0.2) is 17.6 Å². The molecule has 3 unspecified atom stereocenters. The molecule has 2 aliphatic heterocycles. The monoisotopic (exact) mass is 349 g/mol. The molecular formula is C20H25F2NO2. The molecule has 1 aromatic rings. The number of nitrogens with zero attached hydrogens (tertiary/aromatic N) is 1. The Hall–Kier alpha value is -1.36. The summed E-state index contributed by atoms with van der Waals surface area (Å²) in [7, 11) is 1.58. The van der Waals surface area contributed by atoms with Crippen molar-refractivity contribution in [1.29, 1.82) is 0 Å². The van der Waals surface area contributed by atoms with E-state index in [0.717, 1.165) is 37.5 Å². The van der Waals surface area contributed by atoms with Crippen LogP contribution in [0.1, 0.15) is 37.7 Å². The third-order valence-electron chi connectivity index (χ3n) is 6.88. The minimum atomic E-state index is -2.78. The van der Waals surface area contributed by atoms with Gasteiger partial charge in [-0.2, -0.15) is 0 Å². The van der Waals surface area contributed by atoms with Crippen molar-refractivity contribution >= 4 is 0 Å². The Bertz CT molecular complexity index is 690. The zero-order valence-corrected chi connectivity index (χ0v) is 14.6. The fourth-order valence-corrected chi connectivity index (χ4v) is 5.48. The molecular weight excluding hydrogens is 324 g/mol. The Morgan fingerprint density at radius 3 is 2.84 bits per heavy atom.